The lowest BCUT2D eigenvalue weighted by Crippen LogP contribution is -2.49. The fraction of sp³-hybridized carbons (Fsp3) is 0.409. The van der Waals surface area contributed by atoms with Crippen molar-refractivity contribution in [3.63, 3.8) is 0 Å². The van der Waals surface area contributed by atoms with Gasteiger partial charge in [0.15, 0.2) is 25.8 Å². The molecular formula is C22H23F5N2O6S2. The third-order valence-corrected chi connectivity index (χ3v) is 7.90. The molecule has 0 radical (unpaired) electrons. The largest absolute Gasteiger partial charge is 0.480 e. The molecule has 2 aromatic carbocycles. The number of ether oxygens (including phenoxy) is 1. The van der Waals surface area contributed by atoms with Crippen LogP contribution in [0.2, 0.25) is 0 Å². The van der Waals surface area contributed by atoms with E-state index in [1.807, 2.05) is 0 Å². The summed E-state index contributed by atoms with van der Waals surface area (Å²) < 4.78 is 120. The molecule has 1 atom stereocenters. The summed E-state index contributed by atoms with van der Waals surface area (Å²) in [4.78, 5) is 14.7. The molecule has 1 amide bonds. The Kier molecular flexibility index (Phi) is 7.80. The maximum Gasteiger partial charge on any atom is 0.425 e. The normalized spacial score (nSPS) is 16.0. The zero-order valence-electron chi connectivity index (χ0n) is 19.8. The summed E-state index contributed by atoms with van der Waals surface area (Å²) in [5, 5.41) is 0. The first-order valence-electron chi connectivity index (χ1n) is 10.7. The van der Waals surface area contributed by atoms with E-state index in [2.05, 4.69) is 0 Å². The molecule has 0 bridgehead atoms. The molecule has 0 aromatic heterocycles. The number of nitrogens with zero attached hydrogens (tertiary/aromatic N) is 2. The van der Waals surface area contributed by atoms with Crippen LogP contribution < -0.4 is 9.64 Å². The van der Waals surface area contributed by atoms with Gasteiger partial charge in [-0.1, -0.05) is 0 Å². The smallest absolute Gasteiger partial charge is 0.425 e. The molecule has 0 spiro atoms. The fourth-order valence-corrected chi connectivity index (χ4v) is 5.01. The van der Waals surface area contributed by atoms with E-state index < -0.39 is 65.7 Å². The lowest BCUT2D eigenvalue weighted by atomic mass is 10.1. The van der Waals surface area contributed by atoms with Gasteiger partial charge in [0.05, 0.1) is 16.1 Å². The monoisotopic (exact) mass is 570 g/mol. The number of hydrogen-bond acceptors (Lipinski definition) is 7. The lowest BCUT2D eigenvalue weighted by molar-refractivity contribution is -0.189. The van der Waals surface area contributed by atoms with Crippen molar-refractivity contribution in [1.82, 2.24) is 4.90 Å². The Bertz CT molecular complexity index is 1420. The van der Waals surface area contributed by atoms with Crippen LogP contribution in [0.4, 0.5) is 27.6 Å². The van der Waals surface area contributed by atoms with Gasteiger partial charge in [0.25, 0.3) is 5.91 Å². The van der Waals surface area contributed by atoms with Gasteiger partial charge in [0, 0.05) is 44.8 Å². The van der Waals surface area contributed by atoms with E-state index in [4.69, 9.17) is 4.74 Å². The Hall–Kier alpha value is -2.94. The molecule has 15 heteroatoms. The molecule has 2 aromatic rings. The van der Waals surface area contributed by atoms with Crippen LogP contribution >= 0.6 is 0 Å². The summed E-state index contributed by atoms with van der Waals surface area (Å²) in [7, 11) is -7.81. The van der Waals surface area contributed by atoms with E-state index in [0.717, 1.165) is 43.7 Å². The Labute approximate surface area is 210 Å². The van der Waals surface area contributed by atoms with Crippen LogP contribution in [-0.2, 0) is 19.7 Å². The number of carbonyl (C=O) groups is 1. The van der Waals surface area contributed by atoms with Crippen molar-refractivity contribution in [2.24, 2.45) is 0 Å². The number of hydrogen-bond donors (Lipinski definition) is 0. The average molecular weight is 571 g/mol. The van der Waals surface area contributed by atoms with Gasteiger partial charge in [0.2, 0.25) is 0 Å². The summed E-state index contributed by atoms with van der Waals surface area (Å²) in [6.45, 7) is 0.527. The average Bonchev–Trinajstić information content (AvgIpc) is 2.78. The van der Waals surface area contributed by atoms with Crippen LogP contribution in [0.3, 0.4) is 0 Å². The molecule has 3 rings (SSSR count). The van der Waals surface area contributed by atoms with Crippen LogP contribution in [-0.4, -0.2) is 78.6 Å². The van der Waals surface area contributed by atoms with Crippen molar-refractivity contribution >= 4 is 31.3 Å². The molecular weight excluding hydrogens is 547 g/mol. The van der Waals surface area contributed by atoms with Crippen LogP contribution in [0.1, 0.15) is 17.3 Å². The highest BCUT2D eigenvalue weighted by molar-refractivity contribution is 7.91. The van der Waals surface area contributed by atoms with Crippen molar-refractivity contribution in [3.8, 4) is 5.75 Å². The fourth-order valence-electron chi connectivity index (χ4n) is 3.63. The van der Waals surface area contributed by atoms with Gasteiger partial charge in [-0.05, 0) is 31.2 Å². The molecule has 0 N–H and O–H groups in total. The maximum absolute atomic E-state index is 14.6. The van der Waals surface area contributed by atoms with Crippen LogP contribution in [0.25, 0.3) is 0 Å². The first kappa shape index (κ1) is 28.6. The zero-order chi connectivity index (χ0) is 27.9. The highest BCUT2D eigenvalue weighted by atomic mass is 32.2. The molecule has 204 valence electrons. The quantitative estimate of drug-likeness (QED) is 0.492. The second-order valence-electron chi connectivity index (χ2n) is 8.52. The van der Waals surface area contributed by atoms with Gasteiger partial charge >= 0.3 is 6.18 Å². The summed E-state index contributed by atoms with van der Waals surface area (Å²) in [5.41, 5.74) is -0.624. The number of carbonyl (C=O) groups excluding carboxylic acids is 1. The molecule has 0 unspecified atom stereocenters. The Morgan fingerprint density at radius 2 is 1.51 bits per heavy atom. The summed E-state index contributed by atoms with van der Waals surface area (Å²) >= 11 is 0. The molecule has 1 saturated heterocycles. The first-order valence-corrected chi connectivity index (χ1v) is 14.5. The number of piperazine rings is 1. The maximum atomic E-state index is 14.6. The molecule has 1 aliphatic heterocycles. The second-order valence-corrected chi connectivity index (χ2v) is 12.5. The van der Waals surface area contributed by atoms with Gasteiger partial charge < -0.3 is 14.5 Å². The minimum Gasteiger partial charge on any atom is -0.480 e. The van der Waals surface area contributed by atoms with Crippen molar-refractivity contribution in [3.05, 3.63) is 47.5 Å². The highest BCUT2D eigenvalue weighted by Crippen LogP contribution is 2.31. The lowest BCUT2D eigenvalue weighted by Gasteiger charge is -2.36. The van der Waals surface area contributed by atoms with E-state index in [0.29, 0.717) is 6.07 Å². The summed E-state index contributed by atoms with van der Waals surface area (Å²) in [5.74, 6) is -3.41. The number of alkyl halides is 3. The number of amides is 1. The van der Waals surface area contributed by atoms with Crippen molar-refractivity contribution in [2.75, 3.05) is 43.6 Å². The highest BCUT2D eigenvalue weighted by Gasteiger charge is 2.39. The molecule has 1 heterocycles. The molecule has 1 aliphatic rings. The Morgan fingerprint density at radius 1 is 0.919 bits per heavy atom. The topological polar surface area (TPSA) is 101 Å². The van der Waals surface area contributed by atoms with E-state index >= 15 is 0 Å². The Morgan fingerprint density at radius 3 is 2.03 bits per heavy atom. The van der Waals surface area contributed by atoms with Crippen molar-refractivity contribution in [2.45, 2.75) is 29.0 Å². The van der Waals surface area contributed by atoms with Crippen molar-refractivity contribution < 1.29 is 48.3 Å². The zero-order valence-corrected chi connectivity index (χ0v) is 21.5. The van der Waals surface area contributed by atoms with Gasteiger partial charge in [0.1, 0.15) is 22.3 Å². The standard InChI is InChI=1S/C22H23F5N2O6S2/c1-13(22(25,26)27)35-19-5-4-14(36(2,31)32)10-15(19)21(30)29-8-6-28(7-9-29)18-11-17(24)20(12-16(18)23)37(3,33)34/h4-5,10-13H,6-9H2,1-3H3/t13-/m0/s1. The number of anilines is 1. The van der Waals surface area contributed by atoms with Gasteiger partial charge in [-0.25, -0.2) is 25.6 Å². The second kappa shape index (κ2) is 10.1. The van der Waals surface area contributed by atoms with Gasteiger partial charge in [-0.3, -0.25) is 4.79 Å². The molecule has 0 aliphatic carbocycles. The van der Waals surface area contributed by atoms with Crippen LogP contribution in [0.15, 0.2) is 40.1 Å². The van der Waals surface area contributed by atoms with E-state index in [9.17, 15) is 43.6 Å². The third kappa shape index (κ3) is 6.50. The summed E-state index contributed by atoms with van der Waals surface area (Å²) in [6, 6.07) is 4.24. The van der Waals surface area contributed by atoms with E-state index in [-0.39, 0.29) is 36.8 Å². The number of halogens is 5. The molecule has 0 saturated carbocycles. The first-order chi connectivity index (χ1) is 16.9. The van der Waals surface area contributed by atoms with Gasteiger partial charge in [-0.15, -0.1) is 0 Å². The minimum absolute atomic E-state index is 0.0266. The number of benzene rings is 2. The van der Waals surface area contributed by atoms with Crippen molar-refractivity contribution in [1.29, 1.82) is 0 Å². The minimum atomic E-state index is -4.74. The van der Waals surface area contributed by atoms with Gasteiger partial charge in [-0.2, -0.15) is 13.2 Å². The van der Waals surface area contributed by atoms with Crippen LogP contribution in [0, 0.1) is 11.6 Å². The van der Waals surface area contributed by atoms with E-state index in [1.165, 1.54) is 9.80 Å². The van der Waals surface area contributed by atoms with E-state index in [1.54, 1.807) is 0 Å². The predicted octanol–water partition coefficient (Wildman–Crippen LogP) is 3.06. The number of sulfone groups is 2. The molecule has 1 fully saturated rings. The predicted molar refractivity (Wildman–Crippen MR) is 123 cm³/mol. The SMILES string of the molecule is C[C@H](Oc1ccc(S(C)(=O)=O)cc1C(=O)N1CCN(c2cc(F)c(S(C)(=O)=O)cc2F)CC1)C(F)(F)F. The summed E-state index contributed by atoms with van der Waals surface area (Å²) in [6.07, 6.45) is -5.42. The number of rotatable bonds is 6. The third-order valence-electron chi connectivity index (χ3n) is 5.68. The Balaban J connectivity index is 1.86. The molecule has 37 heavy (non-hydrogen) atoms. The van der Waals surface area contributed by atoms with Crippen LogP contribution in [0.5, 0.6) is 5.75 Å². The molecule has 8 nitrogen and oxygen atoms in total.